The Labute approximate surface area is 156 Å². The van der Waals surface area contributed by atoms with Crippen molar-refractivity contribution in [2.75, 3.05) is 0 Å². The van der Waals surface area contributed by atoms with E-state index in [0.717, 1.165) is 42.6 Å². The van der Waals surface area contributed by atoms with Gasteiger partial charge in [-0.05, 0) is 43.0 Å². The number of carbonyl (C=O) groups is 1. The highest BCUT2D eigenvalue weighted by Gasteiger charge is 2.21. The smallest absolute Gasteiger partial charge is 0.335 e. The Hall–Kier alpha value is -3.28. The van der Waals surface area contributed by atoms with Crippen molar-refractivity contribution in [1.82, 2.24) is 9.55 Å². The zero-order chi connectivity index (χ0) is 18.8. The monoisotopic (exact) mass is 364 g/mol. The van der Waals surface area contributed by atoms with Crippen molar-refractivity contribution in [3.63, 3.8) is 0 Å². The Kier molecular flexibility index (Phi) is 4.54. The highest BCUT2D eigenvalue weighted by atomic mass is 16.6. The van der Waals surface area contributed by atoms with Crippen molar-refractivity contribution < 1.29 is 19.4 Å². The molecule has 1 aliphatic heterocycles. The van der Waals surface area contributed by atoms with Crippen LogP contribution in [0.1, 0.15) is 42.4 Å². The molecule has 0 spiro atoms. The van der Waals surface area contributed by atoms with E-state index in [0.29, 0.717) is 17.2 Å². The predicted molar refractivity (Wildman–Crippen MR) is 102 cm³/mol. The van der Waals surface area contributed by atoms with Crippen molar-refractivity contribution in [3.8, 4) is 0 Å². The van der Waals surface area contributed by atoms with Crippen LogP contribution in [0.2, 0.25) is 0 Å². The maximum atomic E-state index is 11.3. The number of fused-ring (bicyclic) bond motifs is 1. The molecule has 1 N–H and O–H groups in total. The number of imidazole rings is 1. The first kappa shape index (κ1) is 17.1. The molecule has 1 aromatic carbocycles. The average molecular weight is 364 g/mol. The number of aryl methyl sites for hydroxylation is 1. The third kappa shape index (κ3) is 3.26. The highest BCUT2D eigenvalue weighted by Crippen LogP contribution is 2.31. The van der Waals surface area contributed by atoms with Gasteiger partial charge in [-0.15, -0.1) is 0 Å². The number of hydrogen-bond donors (Lipinski definition) is 1. The van der Waals surface area contributed by atoms with Crippen LogP contribution in [0.25, 0.3) is 16.9 Å². The molecule has 0 fully saturated rings. The number of aromatic carboxylic acids is 1. The fraction of sp³-hybridized carbons (Fsp3) is 0.238. The van der Waals surface area contributed by atoms with Gasteiger partial charge in [0.05, 0.1) is 16.6 Å². The summed E-state index contributed by atoms with van der Waals surface area (Å²) in [4.78, 5) is 15.9. The molecular weight excluding hydrogens is 344 g/mol. The molecule has 0 unspecified atom stereocenters. The van der Waals surface area contributed by atoms with E-state index in [-0.39, 0.29) is 5.56 Å². The van der Waals surface area contributed by atoms with Gasteiger partial charge in [0, 0.05) is 6.42 Å². The van der Waals surface area contributed by atoms with E-state index in [2.05, 4.69) is 18.0 Å². The fourth-order valence-electron chi connectivity index (χ4n) is 3.26. The number of nitrogens with zero attached hydrogens (tertiary/aromatic N) is 2. The molecular formula is C21H20N2O4. The van der Waals surface area contributed by atoms with Crippen LogP contribution in [-0.4, -0.2) is 20.6 Å². The third-order valence-corrected chi connectivity index (χ3v) is 4.55. The van der Waals surface area contributed by atoms with E-state index in [9.17, 15) is 9.90 Å². The number of ether oxygens (including phenoxy) is 2. The Morgan fingerprint density at radius 2 is 2.22 bits per heavy atom. The predicted octanol–water partition coefficient (Wildman–Crippen LogP) is 4.61. The highest BCUT2D eigenvalue weighted by molar-refractivity contribution is 5.93. The second kappa shape index (κ2) is 7.15. The number of allylic oxidation sites excluding steroid dienone is 4. The summed E-state index contributed by atoms with van der Waals surface area (Å²) in [5, 5.41) is 9.24. The van der Waals surface area contributed by atoms with Gasteiger partial charge in [-0.2, -0.15) is 0 Å². The molecule has 4 rings (SSSR count). The second-order valence-corrected chi connectivity index (χ2v) is 6.46. The molecule has 27 heavy (non-hydrogen) atoms. The lowest BCUT2D eigenvalue weighted by atomic mass is 10.0. The van der Waals surface area contributed by atoms with Crippen LogP contribution in [0, 0.1) is 0 Å². The first-order chi connectivity index (χ1) is 13.2. The molecule has 6 heteroatoms. The average Bonchev–Trinajstić information content (AvgIpc) is 3.06. The van der Waals surface area contributed by atoms with Gasteiger partial charge in [-0.25, -0.2) is 9.78 Å². The van der Waals surface area contributed by atoms with Gasteiger partial charge in [0.15, 0.2) is 12.0 Å². The van der Waals surface area contributed by atoms with Crippen molar-refractivity contribution >= 4 is 22.9 Å². The Morgan fingerprint density at radius 3 is 2.96 bits per heavy atom. The summed E-state index contributed by atoms with van der Waals surface area (Å²) in [5.41, 5.74) is 2.71. The summed E-state index contributed by atoms with van der Waals surface area (Å²) in [6, 6.07) is 4.92. The van der Waals surface area contributed by atoms with Crippen LogP contribution in [-0.2, 0) is 15.9 Å². The largest absolute Gasteiger partial charge is 0.478 e. The quantitative estimate of drug-likeness (QED) is 0.839. The van der Waals surface area contributed by atoms with Crippen molar-refractivity contribution in [1.29, 1.82) is 0 Å². The van der Waals surface area contributed by atoms with Gasteiger partial charge in [0.2, 0.25) is 5.88 Å². The lowest BCUT2D eigenvalue weighted by Gasteiger charge is -2.21. The number of hydrogen-bond acceptors (Lipinski definition) is 4. The van der Waals surface area contributed by atoms with Gasteiger partial charge in [0.1, 0.15) is 12.1 Å². The fourth-order valence-corrected chi connectivity index (χ4v) is 3.26. The number of carboxylic acids is 1. The van der Waals surface area contributed by atoms with E-state index >= 15 is 0 Å². The maximum absolute atomic E-state index is 11.3. The van der Waals surface area contributed by atoms with E-state index in [4.69, 9.17) is 9.47 Å². The normalized spacial score (nSPS) is 16.3. The topological polar surface area (TPSA) is 73.6 Å². The summed E-state index contributed by atoms with van der Waals surface area (Å²) in [6.45, 7) is 2.07. The number of rotatable bonds is 5. The van der Waals surface area contributed by atoms with Gasteiger partial charge >= 0.3 is 5.97 Å². The molecule has 0 saturated carbocycles. The van der Waals surface area contributed by atoms with Gasteiger partial charge in [0.25, 0.3) is 0 Å². The minimum absolute atomic E-state index is 0.213. The van der Waals surface area contributed by atoms with Crippen LogP contribution >= 0.6 is 0 Å². The number of carboxylic acid groups (broad SMARTS) is 1. The van der Waals surface area contributed by atoms with Gasteiger partial charge < -0.3 is 14.6 Å². The van der Waals surface area contributed by atoms with E-state index in [1.54, 1.807) is 30.7 Å². The molecule has 6 nitrogen and oxygen atoms in total. The van der Waals surface area contributed by atoms with Crippen LogP contribution in [0.4, 0.5) is 0 Å². The summed E-state index contributed by atoms with van der Waals surface area (Å²) < 4.78 is 13.6. The Bertz CT molecular complexity index is 1020. The summed E-state index contributed by atoms with van der Waals surface area (Å²) in [6.07, 6.45) is 12.8. The first-order valence-corrected chi connectivity index (χ1v) is 9.02. The zero-order valence-electron chi connectivity index (χ0n) is 15.0. The summed E-state index contributed by atoms with van der Waals surface area (Å²) in [5.74, 6) is 1.05. The molecule has 138 valence electrons. The summed E-state index contributed by atoms with van der Waals surface area (Å²) >= 11 is 0. The Balaban J connectivity index is 1.74. The standard InChI is InChI=1S/C21H20N2O4/c1-2-6-19-22-16-11-15(21(24)25)9-10-17(16)23(19)20-13-26-12-18(27-20)14-7-4-3-5-8-14/h3-4,7,9-13H,2,5-6,8H2,1H3,(H,24,25). The third-order valence-electron chi connectivity index (χ3n) is 4.55. The molecule has 2 aromatic rings. The molecule has 2 heterocycles. The van der Waals surface area contributed by atoms with Crippen LogP contribution < -0.4 is 0 Å². The zero-order valence-corrected chi connectivity index (χ0v) is 15.0. The minimum Gasteiger partial charge on any atom is -0.478 e. The molecule has 0 amide bonds. The molecule has 1 aromatic heterocycles. The number of benzene rings is 1. The van der Waals surface area contributed by atoms with Crippen LogP contribution in [0.3, 0.4) is 0 Å². The van der Waals surface area contributed by atoms with Crippen molar-refractivity contribution in [2.24, 2.45) is 0 Å². The van der Waals surface area contributed by atoms with E-state index in [1.807, 2.05) is 16.7 Å². The lowest BCUT2D eigenvalue weighted by molar-refractivity contribution is 0.0697. The second-order valence-electron chi connectivity index (χ2n) is 6.46. The van der Waals surface area contributed by atoms with Gasteiger partial charge in [-0.1, -0.05) is 25.2 Å². The van der Waals surface area contributed by atoms with Crippen LogP contribution in [0.15, 0.2) is 60.3 Å². The van der Waals surface area contributed by atoms with Crippen molar-refractivity contribution in [3.05, 3.63) is 71.7 Å². The minimum atomic E-state index is -0.970. The molecule has 0 saturated heterocycles. The van der Waals surface area contributed by atoms with E-state index < -0.39 is 5.97 Å². The molecule has 0 atom stereocenters. The SMILES string of the molecule is CCCc1nc2cc(C(=O)O)ccc2n1C1=COC=C(C2=CC=CCC2)O1. The maximum Gasteiger partial charge on any atom is 0.335 e. The van der Waals surface area contributed by atoms with E-state index in [1.165, 1.54) is 0 Å². The number of aromatic nitrogens is 2. The van der Waals surface area contributed by atoms with Gasteiger partial charge in [-0.3, -0.25) is 4.57 Å². The summed E-state index contributed by atoms with van der Waals surface area (Å²) in [7, 11) is 0. The molecule has 2 aliphatic rings. The van der Waals surface area contributed by atoms with Crippen molar-refractivity contribution in [2.45, 2.75) is 32.6 Å². The first-order valence-electron chi connectivity index (χ1n) is 9.02. The molecule has 0 radical (unpaired) electrons. The molecule has 1 aliphatic carbocycles. The Morgan fingerprint density at radius 1 is 1.33 bits per heavy atom. The molecule has 0 bridgehead atoms. The lowest BCUT2D eigenvalue weighted by Crippen LogP contribution is -2.11. The van der Waals surface area contributed by atoms with Crippen LogP contribution in [0.5, 0.6) is 0 Å².